The van der Waals surface area contributed by atoms with Gasteiger partial charge in [-0.3, -0.25) is 0 Å². The number of rotatable bonds is 8. The molecule has 1 aliphatic rings. The first-order chi connectivity index (χ1) is 31.8. The molecule has 0 radical (unpaired) electrons. The molecule has 11 aromatic carbocycles. The fraction of sp³-hybridized carbons (Fsp3) is 0.0164. The van der Waals surface area contributed by atoms with Crippen LogP contribution in [0.4, 0.5) is 17.1 Å². The van der Waals surface area contributed by atoms with Crippen LogP contribution >= 0.6 is 0 Å². The maximum atomic E-state index is 3.88. The third-order valence-electron chi connectivity index (χ3n) is 13.4. The molecule has 0 spiro atoms. The van der Waals surface area contributed by atoms with Crippen LogP contribution in [0.25, 0.3) is 54.6 Å². The molecule has 12 rings (SSSR count). The van der Waals surface area contributed by atoms with Crippen molar-refractivity contribution in [2.75, 3.05) is 10.2 Å². The highest BCUT2D eigenvalue weighted by Gasteiger charge is 2.41. The van der Waals surface area contributed by atoms with Crippen LogP contribution in [0.5, 0.6) is 0 Å². The number of anilines is 3. The molecule has 0 saturated carbocycles. The van der Waals surface area contributed by atoms with Crippen LogP contribution in [0.2, 0.25) is 0 Å². The zero-order chi connectivity index (χ0) is 42.5. The lowest BCUT2D eigenvalue weighted by Gasteiger charge is -2.34. The van der Waals surface area contributed by atoms with Gasteiger partial charge in [-0.25, -0.2) is 0 Å². The Morgan fingerprint density at radius 1 is 0.344 bits per heavy atom. The molecule has 0 fully saturated rings. The summed E-state index contributed by atoms with van der Waals surface area (Å²) in [7, 11) is -2.75. The van der Waals surface area contributed by atoms with E-state index in [-0.39, 0.29) is 6.17 Å². The number of benzene rings is 11. The van der Waals surface area contributed by atoms with Crippen molar-refractivity contribution in [1.82, 2.24) is 0 Å². The molecule has 0 amide bonds. The highest BCUT2D eigenvalue weighted by Crippen LogP contribution is 2.48. The molecule has 11 aromatic rings. The van der Waals surface area contributed by atoms with E-state index in [2.05, 4.69) is 265 Å². The van der Waals surface area contributed by atoms with Gasteiger partial charge in [0.2, 0.25) is 0 Å². The van der Waals surface area contributed by atoms with Crippen molar-refractivity contribution in [2.45, 2.75) is 6.17 Å². The van der Waals surface area contributed by atoms with Gasteiger partial charge in [-0.05, 0) is 99.6 Å². The number of nitrogens with zero attached hydrogens (tertiary/aromatic N) is 1. The second-order valence-electron chi connectivity index (χ2n) is 16.8. The van der Waals surface area contributed by atoms with Crippen molar-refractivity contribution in [3.05, 3.63) is 260 Å². The number of hydrogen-bond donors (Lipinski definition) is 1. The van der Waals surface area contributed by atoms with E-state index in [9.17, 15) is 0 Å². The van der Waals surface area contributed by atoms with Crippen LogP contribution in [0.1, 0.15) is 11.7 Å². The zero-order valence-electron chi connectivity index (χ0n) is 35.3. The zero-order valence-corrected chi connectivity index (χ0v) is 36.3. The minimum absolute atomic E-state index is 0.0569. The van der Waals surface area contributed by atoms with E-state index < -0.39 is 8.07 Å². The fourth-order valence-corrected chi connectivity index (χ4v) is 15.5. The summed E-state index contributed by atoms with van der Waals surface area (Å²) in [5.41, 5.74) is 9.66. The fourth-order valence-electron chi connectivity index (χ4n) is 10.7. The van der Waals surface area contributed by atoms with E-state index in [1.807, 2.05) is 0 Å². The van der Waals surface area contributed by atoms with Gasteiger partial charge in [-0.15, -0.1) is 0 Å². The third kappa shape index (κ3) is 6.08. The standard InChI is InChI=1S/C61H44N2Si/c1-4-23-47(24-5-1)64(48-25-6-2-7-26-48,49-27-8-3-9-28-49)50-29-18-22-45(42-50)60-54-33-14-12-31-52(54)59(53-32-13-15-34-55(53)60)44-38-40-46(41-39-44)63-58-37-17-16-36-57(58)62-61(63)56-35-19-21-43-20-10-11-30-51(43)56/h1-42,61-62H. The first-order valence-corrected chi connectivity index (χ1v) is 24.2. The van der Waals surface area contributed by atoms with Gasteiger partial charge in [-0.1, -0.05) is 231 Å². The maximum absolute atomic E-state index is 3.88. The summed E-state index contributed by atoms with van der Waals surface area (Å²) < 4.78 is 0. The second-order valence-corrected chi connectivity index (χ2v) is 20.6. The van der Waals surface area contributed by atoms with E-state index in [1.54, 1.807) is 0 Å². The van der Waals surface area contributed by atoms with Crippen LogP contribution in [0, 0.1) is 0 Å². The second kappa shape index (κ2) is 15.7. The lowest BCUT2D eigenvalue weighted by Crippen LogP contribution is -2.74. The molecule has 0 aliphatic carbocycles. The molecule has 0 saturated heterocycles. The van der Waals surface area contributed by atoms with Crippen LogP contribution in [0.15, 0.2) is 255 Å². The van der Waals surface area contributed by atoms with Crippen molar-refractivity contribution in [1.29, 1.82) is 0 Å². The Morgan fingerprint density at radius 2 is 0.797 bits per heavy atom. The van der Waals surface area contributed by atoms with Crippen molar-refractivity contribution >= 4 is 78.2 Å². The van der Waals surface area contributed by atoms with Crippen LogP contribution < -0.4 is 31.0 Å². The molecule has 1 heterocycles. The summed E-state index contributed by atoms with van der Waals surface area (Å²) in [5, 5.41) is 16.8. The Bertz CT molecular complexity index is 3320. The number of nitrogens with one attached hydrogen (secondary N) is 1. The average molecular weight is 833 g/mol. The Labute approximate surface area is 375 Å². The van der Waals surface area contributed by atoms with Gasteiger partial charge in [0.05, 0.1) is 11.4 Å². The highest BCUT2D eigenvalue weighted by molar-refractivity contribution is 7.19. The monoisotopic (exact) mass is 832 g/mol. The quantitative estimate of drug-likeness (QED) is 0.0932. The summed E-state index contributed by atoms with van der Waals surface area (Å²) in [6, 6.07) is 94.4. The van der Waals surface area contributed by atoms with Gasteiger partial charge in [0.1, 0.15) is 6.17 Å². The smallest absolute Gasteiger partial charge is 0.179 e. The predicted molar refractivity (Wildman–Crippen MR) is 275 cm³/mol. The summed E-state index contributed by atoms with van der Waals surface area (Å²) in [6.45, 7) is 0. The first kappa shape index (κ1) is 37.8. The van der Waals surface area contributed by atoms with Crippen LogP contribution in [-0.2, 0) is 0 Å². The number of para-hydroxylation sites is 2. The van der Waals surface area contributed by atoms with Gasteiger partial charge in [-0.2, -0.15) is 0 Å². The third-order valence-corrected chi connectivity index (χ3v) is 18.2. The van der Waals surface area contributed by atoms with Gasteiger partial charge in [0.15, 0.2) is 8.07 Å². The van der Waals surface area contributed by atoms with E-state index in [1.165, 1.54) is 86.6 Å². The van der Waals surface area contributed by atoms with Gasteiger partial charge >= 0.3 is 0 Å². The van der Waals surface area contributed by atoms with Gasteiger partial charge < -0.3 is 10.2 Å². The number of fused-ring (bicyclic) bond motifs is 4. The average Bonchev–Trinajstić information content (AvgIpc) is 3.76. The molecule has 0 aromatic heterocycles. The molecule has 1 atom stereocenters. The summed E-state index contributed by atoms with van der Waals surface area (Å²) in [5.74, 6) is 0. The van der Waals surface area contributed by atoms with E-state index >= 15 is 0 Å². The van der Waals surface area contributed by atoms with Crippen molar-refractivity contribution in [3.8, 4) is 22.3 Å². The van der Waals surface area contributed by atoms with Crippen LogP contribution in [0.3, 0.4) is 0 Å². The Morgan fingerprint density at radius 3 is 1.39 bits per heavy atom. The largest absolute Gasteiger partial charge is 0.359 e. The van der Waals surface area contributed by atoms with Crippen molar-refractivity contribution in [2.24, 2.45) is 0 Å². The normalized spacial score (nSPS) is 13.6. The van der Waals surface area contributed by atoms with E-state index in [0.29, 0.717) is 0 Å². The summed E-state index contributed by atoms with van der Waals surface area (Å²) in [6.07, 6.45) is -0.0569. The van der Waals surface area contributed by atoms with E-state index in [4.69, 9.17) is 0 Å². The van der Waals surface area contributed by atoms with Crippen LogP contribution in [-0.4, -0.2) is 8.07 Å². The molecule has 302 valence electrons. The number of hydrogen-bond acceptors (Lipinski definition) is 2. The Balaban J connectivity index is 1.02. The molecule has 2 nitrogen and oxygen atoms in total. The van der Waals surface area contributed by atoms with E-state index in [0.717, 1.165) is 11.4 Å². The molecule has 1 unspecified atom stereocenters. The molecule has 3 heteroatoms. The first-order valence-electron chi connectivity index (χ1n) is 22.2. The lowest BCUT2D eigenvalue weighted by molar-refractivity contribution is 0.836. The molecule has 0 bridgehead atoms. The van der Waals surface area contributed by atoms with Gasteiger partial charge in [0.25, 0.3) is 0 Å². The lowest BCUT2D eigenvalue weighted by atomic mass is 9.86. The maximum Gasteiger partial charge on any atom is 0.179 e. The van der Waals surface area contributed by atoms with Gasteiger partial charge in [0, 0.05) is 11.3 Å². The minimum atomic E-state index is -2.75. The molecule has 1 aliphatic heterocycles. The Hall–Kier alpha value is -7.98. The SMILES string of the molecule is c1ccc([Si](c2ccccc2)(c2ccccc2)c2cccc(-c3c4ccccc4c(-c4ccc(N5c6ccccc6NC5c5cccc6ccccc56)cc4)c4ccccc34)c2)cc1. The topological polar surface area (TPSA) is 15.3 Å². The highest BCUT2D eigenvalue weighted by atomic mass is 28.3. The summed E-state index contributed by atoms with van der Waals surface area (Å²) in [4.78, 5) is 2.46. The molecule has 64 heavy (non-hydrogen) atoms. The summed E-state index contributed by atoms with van der Waals surface area (Å²) >= 11 is 0. The van der Waals surface area contributed by atoms with Crippen molar-refractivity contribution < 1.29 is 0 Å². The molecular weight excluding hydrogens is 789 g/mol. The molecule has 1 N–H and O–H groups in total. The Kier molecular flexibility index (Phi) is 9.28. The minimum Gasteiger partial charge on any atom is -0.359 e. The van der Waals surface area contributed by atoms with Crippen molar-refractivity contribution in [3.63, 3.8) is 0 Å². The molecular formula is C61H44N2Si. The predicted octanol–water partition coefficient (Wildman–Crippen LogP) is 13.1.